The second kappa shape index (κ2) is 10.7. The van der Waals surface area contributed by atoms with Crippen molar-refractivity contribution in [2.75, 3.05) is 18.5 Å². The Morgan fingerprint density at radius 1 is 1.11 bits per heavy atom. The minimum Gasteiger partial charge on any atom is -0.463 e. The SMILES string of the molecule is CCCCOC(=O)COC(=O)c1ccc(NCc2ccccc2)c([N+](=O)[O-])c1. The molecule has 0 fully saturated rings. The fraction of sp³-hybridized carbons (Fsp3) is 0.300. The van der Waals surface area contributed by atoms with Gasteiger partial charge in [-0.05, 0) is 24.1 Å². The number of hydrogen-bond donors (Lipinski definition) is 1. The predicted molar refractivity (Wildman–Crippen MR) is 103 cm³/mol. The molecule has 0 spiro atoms. The first-order chi connectivity index (χ1) is 13.5. The maximum Gasteiger partial charge on any atom is 0.344 e. The highest BCUT2D eigenvalue weighted by atomic mass is 16.6. The molecular formula is C20H22N2O6. The van der Waals surface area contributed by atoms with Crippen LogP contribution in [0.15, 0.2) is 48.5 Å². The zero-order chi connectivity index (χ0) is 20.4. The molecule has 8 nitrogen and oxygen atoms in total. The number of nitro benzene ring substituents is 1. The van der Waals surface area contributed by atoms with Crippen molar-refractivity contribution in [2.45, 2.75) is 26.3 Å². The quantitative estimate of drug-likeness (QED) is 0.287. The molecule has 0 unspecified atom stereocenters. The average molecular weight is 386 g/mol. The number of benzene rings is 2. The lowest BCUT2D eigenvalue weighted by Gasteiger charge is -2.09. The van der Waals surface area contributed by atoms with E-state index in [0.29, 0.717) is 6.54 Å². The van der Waals surface area contributed by atoms with Crippen molar-refractivity contribution in [3.8, 4) is 0 Å². The van der Waals surface area contributed by atoms with Gasteiger partial charge < -0.3 is 14.8 Å². The third-order valence-corrected chi connectivity index (χ3v) is 3.84. The van der Waals surface area contributed by atoms with Gasteiger partial charge in [0.2, 0.25) is 0 Å². The Hall–Kier alpha value is -3.42. The molecule has 1 N–H and O–H groups in total. The van der Waals surface area contributed by atoms with Gasteiger partial charge in [-0.3, -0.25) is 10.1 Å². The van der Waals surface area contributed by atoms with Gasteiger partial charge in [-0.25, -0.2) is 9.59 Å². The standard InChI is InChI=1S/C20H22N2O6/c1-2-3-11-27-19(23)14-28-20(24)16-9-10-17(18(12-16)22(25)26)21-13-15-7-5-4-6-8-15/h4-10,12,21H,2-3,11,13-14H2,1H3. The molecule has 0 aromatic heterocycles. The summed E-state index contributed by atoms with van der Waals surface area (Å²) in [6.07, 6.45) is 1.60. The van der Waals surface area contributed by atoms with E-state index in [1.54, 1.807) is 0 Å². The second-order valence-electron chi connectivity index (χ2n) is 5.98. The second-order valence-corrected chi connectivity index (χ2v) is 5.98. The van der Waals surface area contributed by atoms with E-state index in [1.165, 1.54) is 12.1 Å². The van der Waals surface area contributed by atoms with Crippen LogP contribution in [0.2, 0.25) is 0 Å². The van der Waals surface area contributed by atoms with E-state index in [9.17, 15) is 19.7 Å². The first kappa shape index (κ1) is 20.9. The molecule has 2 aromatic carbocycles. The van der Waals surface area contributed by atoms with Gasteiger partial charge in [0.1, 0.15) is 5.69 Å². The lowest BCUT2D eigenvalue weighted by atomic mass is 10.1. The molecule has 0 saturated heterocycles. The van der Waals surface area contributed by atoms with Crippen LogP contribution in [-0.2, 0) is 20.8 Å². The summed E-state index contributed by atoms with van der Waals surface area (Å²) in [4.78, 5) is 34.3. The van der Waals surface area contributed by atoms with E-state index in [4.69, 9.17) is 9.47 Å². The summed E-state index contributed by atoms with van der Waals surface area (Å²) in [5.41, 5.74) is 0.973. The molecule has 0 aliphatic heterocycles. The van der Waals surface area contributed by atoms with Crippen LogP contribution in [0.25, 0.3) is 0 Å². The van der Waals surface area contributed by atoms with Crippen molar-refractivity contribution in [3.05, 3.63) is 69.8 Å². The summed E-state index contributed by atoms with van der Waals surface area (Å²) in [7, 11) is 0. The average Bonchev–Trinajstić information content (AvgIpc) is 2.71. The number of ether oxygens (including phenoxy) is 2. The Morgan fingerprint density at radius 2 is 1.86 bits per heavy atom. The maximum absolute atomic E-state index is 12.1. The number of nitrogens with one attached hydrogen (secondary N) is 1. The number of carbonyl (C=O) groups is 2. The Kier molecular flexibility index (Phi) is 7.95. The highest BCUT2D eigenvalue weighted by Crippen LogP contribution is 2.26. The Labute approximate surface area is 162 Å². The number of unbranched alkanes of at least 4 members (excludes halogenated alkanes) is 1. The van der Waals surface area contributed by atoms with Crippen molar-refractivity contribution in [1.29, 1.82) is 0 Å². The van der Waals surface area contributed by atoms with Gasteiger partial charge in [0.05, 0.1) is 17.1 Å². The predicted octanol–water partition coefficient (Wildman–Crippen LogP) is 3.71. The Balaban J connectivity index is 1.99. The topological polar surface area (TPSA) is 108 Å². The molecule has 2 aromatic rings. The zero-order valence-corrected chi connectivity index (χ0v) is 15.6. The van der Waals surface area contributed by atoms with E-state index >= 15 is 0 Å². The zero-order valence-electron chi connectivity index (χ0n) is 15.6. The number of carbonyl (C=O) groups excluding carboxylic acids is 2. The van der Waals surface area contributed by atoms with Gasteiger partial charge in [-0.15, -0.1) is 0 Å². The molecule has 0 saturated carbocycles. The van der Waals surface area contributed by atoms with Crippen LogP contribution < -0.4 is 5.32 Å². The van der Waals surface area contributed by atoms with Crippen LogP contribution in [0.3, 0.4) is 0 Å². The van der Waals surface area contributed by atoms with E-state index < -0.39 is 23.5 Å². The lowest BCUT2D eigenvalue weighted by Crippen LogP contribution is -2.17. The van der Waals surface area contributed by atoms with Gasteiger partial charge in [0.25, 0.3) is 5.69 Å². The van der Waals surface area contributed by atoms with Crippen molar-refractivity contribution in [1.82, 2.24) is 0 Å². The number of anilines is 1. The van der Waals surface area contributed by atoms with Crippen LogP contribution in [0.4, 0.5) is 11.4 Å². The molecule has 2 rings (SSSR count). The normalized spacial score (nSPS) is 10.2. The monoisotopic (exact) mass is 386 g/mol. The number of nitro groups is 1. The van der Waals surface area contributed by atoms with Crippen LogP contribution in [0, 0.1) is 10.1 Å². The van der Waals surface area contributed by atoms with Gasteiger partial charge >= 0.3 is 11.9 Å². The molecule has 0 aliphatic carbocycles. The fourth-order valence-corrected chi connectivity index (χ4v) is 2.33. The van der Waals surface area contributed by atoms with Crippen molar-refractivity contribution >= 4 is 23.3 Å². The minimum absolute atomic E-state index is 0.0154. The highest BCUT2D eigenvalue weighted by molar-refractivity contribution is 5.92. The smallest absolute Gasteiger partial charge is 0.344 e. The summed E-state index contributed by atoms with van der Waals surface area (Å²) in [5.74, 6) is -1.48. The largest absolute Gasteiger partial charge is 0.463 e. The van der Waals surface area contributed by atoms with Crippen LogP contribution in [0.5, 0.6) is 0 Å². The van der Waals surface area contributed by atoms with Gasteiger partial charge in [0.15, 0.2) is 6.61 Å². The van der Waals surface area contributed by atoms with Gasteiger partial charge in [-0.2, -0.15) is 0 Å². The molecule has 28 heavy (non-hydrogen) atoms. The summed E-state index contributed by atoms with van der Waals surface area (Å²) in [5, 5.41) is 14.3. The van der Waals surface area contributed by atoms with Crippen molar-refractivity contribution in [3.63, 3.8) is 0 Å². The molecule has 0 atom stereocenters. The van der Waals surface area contributed by atoms with Gasteiger partial charge in [0, 0.05) is 12.6 Å². The highest BCUT2D eigenvalue weighted by Gasteiger charge is 2.19. The van der Waals surface area contributed by atoms with E-state index in [-0.39, 0.29) is 23.5 Å². The molecule has 0 heterocycles. The number of nitrogens with zero attached hydrogens (tertiary/aromatic N) is 1. The Bertz CT molecular complexity index is 823. The molecule has 148 valence electrons. The molecule has 0 amide bonds. The summed E-state index contributed by atoms with van der Waals surface area (Å²) in [6.45, 7) is 2.08. The molecule has 0 bridgehead atoms. The van der Waals surface area contributed by atoms with E-state index in [2.05, 4.69) is 5.32 Å². The van der Waals surface area contributed by atoms with Crippen molar-refractivity contribution < 1.29 is 24.0 Å². The molecular weight excluding hydrogens is 364 g/mol. The summed E-state index contributed by atoms with van der Waals surface area (Å²) in [6, 6.07) is 13.4. The fourth-order valence-electron chi connectivity index (χ4n) is 2.33. The number of hydrogen-bond acceptors (Lipinski definition) is 7. The molecule has 0 aliphatic rings. The van der Waals surface area contributed by atoms with Crippen LogP contribution in [0.1, 0.15) is 35.7 Å². The minimum atomic E-state index is -0.829. The van der Waals surface area contributed by atoms with E-state index in [0.717, 1.165) is 24.5 Å². The van der Waals surface area contributed by atoms with Crippen LogP contribution in [-0.4, -0.2) is 30.1 Å². The number of esters is 2. The van der Waals surface area contributed by atoms with E-state index in [1.807, 2.05) is 37.3 Å². The van der Waals surface area contributed by atoms with Crippen molar-refractivity contribution in [2.24, 2.45) is 0 Å². The summed E-state index contributed by atoms with van der Waals surface area (Å²) < 4.78 is 9.76. The number of rotatable bonds is 10. The van der Waals surface area contributed by atoms with Gasteiger partial charge in [-0.1, -0.05) is 43.7 Å². The molecule has 8 heteroatoms. The first-order valence-electron chi connectivity index (χ1n) is 8.90. The van der Waals surface area contributed by atoms with Crippen LogP contribution >= 0.6 is 0 Å². The Morgan fingerprint density at radius 3 is 2.54 bits per heavy atom. The third kappa shape index (κ3) is 6.39. The third-order valence-electron chi connectivity index (χ3n) is 3.84. The maximum atomic E-state index is 12.1. The summed E-state index contributed by atoms with van der Waals surface area (Å²) >= 11 is 0. The first-order valence-corrected chi connectivity index (χ1v) is 8.90. The molecule has 0 radical (unpaired) electrons. The lowest BCUT2D eigenvalue weighted by molar-refractivity contribution is -0.384.